The van der Waals surface area contributed by atoms with Gasteiger partial charge in [0.1, 0.15) is 6.10 Å². The third-order valence-electron chi connectivity index (χ3n) is 3.65. The number of ether oxygens (including phenoxy) is 2. The second-order valence-electron chi connectivity index (χ2n) is 5.23. The SMILES string of the molecule is CCCC(OCC)c1noc(C2(C)COCC2N)n1. The van der Waals surface area contributed by atoms with Crippen LogP contribution in [0.2, 0.25) is 0 Å². The van der Waals surface area contributed by atoms with Gasteiger partial charge in [-0.1, -0.05) is 18.5 Å². The van der Waals surface area contributed by atoms with Crippen LogP contribution >= 0.6 is 0 Å². The number of hydrogen-bond donors (Lipinski definition) is 1. The molecular formula is C13H23N3O3. The van der Waals surface area contributed by atoms with Gasteiger partial charge in [0, 0.05) is 12.6 Å². The van der Waals surface area contributed by atoms with Gasteiger partial charge in [-0.2, -0.15) is 4.98 Å². The number of hydrogen-bond acceptors (Lipinski definition) is 6. The molecule has 19 heavy (non-hydrogen) atoms. The fourth-order valence-corrected chi connectivity index (χ4v) is 2.26. The van der Waals surface area contributed by atoms with Gasteiger partial charge in [-0.3, -0.25) is 0 Å². The minimum Gasteiger partial charge on any atom is -0.379 e. The van der Waals surface area contributed by atoms with E-state index in [0.29, 0.717) is 31.5 Å². The summed E-state index contributed by atoms with van der Waals surface area (Å²) in [5, 5.41) is 4.06. The molecule has 1 fully saturated rings. The number of nitrogens with two attached hydrogens (primary N) is 1. The highest BCUT2D eigenvalue weighted by Gasteiger charge is 2.44. The van der Waals surface area contributed by atoms with Gasteiger partial charge < -0.3 is 19.7 Å². The Hall–Kier alpha value is -0.980. The Morgan fingerprint density at radius 3 is 2.89 bits per heavy atom. The normalized spacial score (nSPS) is 28.7. The van der Waals surface area contributed by atoms with E-state index in [2.05, 4.69) is 17.1 Å². The van der Waals surface area contributed by atoms with Crippen LogP contribution in [0.1, 0.15) is 51.4 Å². The minimum atomic E-state index is -0.395. The molecule has 1 aromatic rings. The first kappa shape index (κ1) is 14.4. The molecule has 0 saturated carbocycles. The van der Waals surface area contributed by atoms with Gasteiger partial charge in [0.15, 0.2) is 0 Å². The summed E-state index contributed by atoms with van der Waals surface area (Å²) < 4.78 is 16.5. The van der Waals surface area contributed by atoms with Crippen LogP contribution in [0.4, 0.5) is 0 Å². The number of aromatic nitrogens is 2. The maximum absolute atomic E-state index is 6.06. The average molecular weight is 269 g/mol. The largest absolute Gasteiger partial charge is 0.379 e. The molecule has 6 heteroatoms. The molecule has 1 saturated heterocycles. The van der Waals surface area contributed by atoms with Gasteiger partial charge in [0.25, 0.3) is 0 Å². The van der Waals surface area contributed by atoms with Crippen LogP contribution < -0.4 is 5.73 Å². The van der Waals surface area contributed by atoms with Crippen molar-refractivity contribution in [1.29, 1.82) is 0 Å². The molecule has 0 aromatic carbocycles. The van der Waals surface area contributed by atoms with Crippen LogP contribution in [0, 0.1) is 0 Å². The summed E-state index contributed by atoms with van der Waals surface area (Å²) in [5.41, 5.74) is 5.67. The van der Waals surface area contributed by atoms with Crippen molar-refractivity contribution in [1.82, 2.24) is 10.1 Å². The number of nitrogens with zero attached hydrogens (tertiary/aromatic N) is 2. The molecule has 0 spiro atoms. The van der Waals surface area contributed by atoms with Gasteiger partial charge in [-0.15, -0.1) is 0 Å². The van der Waals surface area contributed by atoms with Crippen LogP contribution in [0.5, 0.6) is 0 Å². The topological polar surface area (TPSA) is 83.4 Å². The molecule has 2 heterocycles. The predicted molar refractivity (Wildman–Crippen MR) is 69.7 cm³/mol. The number of rotatable bonds is 6. The first-order valence-electron chi connectivity index (χ1n) is 6.90. The molecule has 108 valence electrons. The second kappa shape index (κ2) is 5.98. The lowest BCUT2D eigenvalue weighted by Gasteiger charge is -2.21. The van der Waals surface area contributed by atoms with Crippen molar-refractivity contribution in [2.45, 2.75) is 51.2 Å². The van der Waals surface area contributed by atoms with E-state index in [0.717, 1.165) is 12.8 Å². The molecule has 2 N–H and O–H groups in total. The first-order chi connectivity index (χ1) is 9.11. The molecule has 6 nitrogen and oxygen atoms in total. The van der Waals surface area contributed by atoms with Crippen LogP contribution in [0.15, 0.2) is 4.52 Å². The van der Waals surface area contributed by atoms with Gasteiger partial charge in [0.05, 0.1) is 18.6 Å². The molecule has 0 amide bonds. The van der Waals surface area contributed by atoms with Crippen LogP contribution in [0.25, 0.3) is 0 Å². The Labute approximate surface area is 113 Å². The zero-order valence-electron chi connectivity index (χ0n) is 11.9. The molecule has 3 atom stereocenters. The molecule has 1 aliphatic rings. The molecule has 2 rings (SSSR count). The Bertz CT molecular complexity index is 404. The van der Waals surface area contributed by atoms with Crippen molar-refractivity contribution in [2.24, 2.45) is 5.73 Å². The standard InChI is InChI=1S/C13H23N3O3/c1-4-6-9(18-5-2)11-15-12(19-16-11)13(3)8-17-7-10(13)14/h9-10H,4-8,14H2,1-3H3. The first-order valence-corrected chi connectivity index (χ1v) is 6.90. The predicted octanol–water partition coefficient (Wildman–Crippen LogP) is 1.56. The second-order valence-corrected chi connectivity index (χ2v) is 5.23. The van der Waals surface area contributed by atoms with E-state index >= 15 is 0 Å². The Balaban J connectivity index is 2.17. The van der Waals surface area contributed by atoms with Crippen LogP contribution in [-0.4, -0.2) is 36.0 Å². The van der Waals surface area contributed by atoms with E-state index in [-0.39, 0.29) is 12.1 Å². The fraction of sp³-hybridized carbons (Fsp3) is 0.846. The van der Waals surface area contributed by atoms with Gasteiger partial charge in [-0.25, -0.2) is 0 Å². The lowest BCUT2D eigenvalue weighted by Crippen LogP contribution is -2.42. The quantitative estimate of drug-likeness (QED) is 0.843. The van der Waals surface area contributed by atoms with Crippen molar-refractivity contribution < 1.29 is 14.0 Å². The average Bonchev–Trinajstić information content (AvgIpc) is 2.98. The minimum absolute atomic E-state index is 0.102. The molecule has 0 radical (unpaired) electrons. The molecule has 3 unspecified atom stereocenters. The summed E-state index contributed by atoms with van der Waals surface area (Å²) in [4.78, 5) is 4.49. The van der Waals surface area contributed by atoms with E-state index in [4.69, 9.17) is 19.7 Å². The molecule has 1 aromatic heterocycles. The summed E-state index contributed by atoms with van der Waals surface area (Å²) in [6, 6.07) is -0.113. The van der Waals surface area contributed by atoms with E-state index in [9.17, 15) is 0 Å². The summed E-state index contributed by atoms with van der Waals surface area (Å²) in [6.07, 6.45) is 1.79. The summed E-state index contributed by atoms with van der Waals surface area (Å²) >= 11 is 0. The fourth-order valence-electron chi connectivity index (χ4n) is 2.26. The van der Waals surface area contributed by atoms with Crippen molar-refractivity contribution in [3.05, 3.63) is 11.7 Å². The lowest BCUT2D eigenvalue weighted by molar-refractivity contribution is 0.0477. The summed E-state index contributed by atoms with van der Waals surface area (Å²) in [7, 11) is 0. The van der Waals surface area contributed by atoms with Crippen LogP contribution in [0.3, 0.4) is 0 Å². The van der Waals surface area contributed by atoms with E-state index in [1.807, 2.05) is 13.8 Å². The lowest BCUT2D eigenvalue weighted by atomic mass is 9.86. The molecule has 0 aliphatic carbocycles. The van der Waals surface area contributed by atoms with E-state index < -0.39 is 5.41 Å². The monoisotopic (exact) mass is 269 g/mol. The van der Waals surface area contributed by atoms with Crippen molar-refractivity contribution in [3.63, 3.8) is 0 Å². The van der Waals surface area contributed by atoms with Gasteiger partial charge >= 0.3 is 0 Å². The Morgan fingerprint density at radius 2 is 2.32 bits per heavy atom. The highest BCUT2D eigenvalue weighted by molar-refractivity contribution is 5.12. The third-order valence-corrected chi connectivity index (χ3v) is 3.65. The van der Waals surface area contributed by atoms with E-state index in [1.54, 1.807) is 0 Å². The van der Waals surface area contributed by atoms with Crippen molar-refractivity contribution in [3.8, 4) is 0 Å². The van der Waals surface area contributed by atoms with Gasteiger partial charge in [0.2, 0.25) is 11.7 Å². The smallest absolute Gasteiger partial charge is 0.236 e. The molecule has 1 aliphatic heterocycles. The zero-order valence-corrected chi connectivity index (χ0v) is 11.9. The van der Waals surface area contributed by atoms with Crippen molar-refractivity contribution in [2.75, 3.05) is 19.8 Å². The maximum atomic E-state index is 6.06. The highest BCUT2D eigenvalue weighted by atomic mass is 16.5. The highest BCUT2D eigenvalue weighted by Crippen LogP contribution is 2.32. The summed E-state index contributed by atoms with van der Waals surface area (Å²) in [5.74, 6) is 1.16. The van der Waals surface area contributed by atoms with Gasteiger partial charge in [-0.05, 0) is 20.3 Å². The Morgan fingerprint density at radius 1 is 1.53 bits per heavy atom. The third kappa shape index (κ3) is 2.80. The van der Waals surface area contributed by atoms with Crippen molar-refractivity contribution >= 4 is 0 Å². The Kier molecular flexibility index (Phi) is 4.54. The summed E-state index contributed by atoms with van der Waals surface area (Å²) in [6.45, 7) is 7.74. The van der Waals surface area contributed by atoms with Crippen LogP contribution in [-0.2, 0) is 14.9 Å². The molecular weight excluding hydrogens is 246 g/mol. The maximum Gasteiger partial charge on any atom is 0.236 e. The molecule has 0 bridgehead atoms. The zero-order chi connectivity index (χ0) is 13.9. The van der Waals surface area contributed by atoms with E-state index in [1.165, 1.54) is 0 Å².